The van der Waals surface area contributed by atoms with Crippen LogP contribution in [0.2, 0.25) is 0 Å². The Morgan fingerprint density at radius 1 is 1.29 bits per heavy atom. The minimum absolute atomic E-state index is 0.0824. The van der Waals surface area contributed by atoms with E-state index in [0.717, 1.165) is 6.42 Å². The molecule has 0 saturated carbocycles. The topological polar surface area (TPSA) is 249 Å². The van der Waals surface area contributed by atoms with Crippen LogP contribution >= 0.6 is 0 Å². The van der Waals surface area contributed by atoms with Gasteiger partial charge in [-0.2, -0.15) is 8.42 Å². The third-order valence-electron chi connectivity index (χ3n) is 5.11. The Kier molecular flexibility index (Phi) is 9.76. The molecule has 0 spiro atoms. The molecule has 2 heterocycles. The summed E-state index contributed by atoms with van der Waals surface area (Å²) in [4.78, 5) is 39.0. The summed E-state index contributed by atoms with van der Waals surface area (Å²) in [6.07, 6.45) is 2.73. The smallest absolute Gasteiger partial charge is 0.394 e. The number of likely N-dealkylation sites (tertiary alicyclic amines) is 1. The van der Waals surface area contributed by atoms with Crippen molar-refractivity contribution < 1.29 is 37.0 Å². The van der Waals surface area contributed by atoms with Crippen LogP contribution in [-0.4, -0.2) is 88.4 Å². The zero-order chi connectivity index (χ0) is 23.8. The van der Waals surface area contributed by atoms with Crippen molar-refractivity contribution in [2.75, 3.05) is 19.6 Å². The summed E-state index contributed by atoms with van der Waals surface area (Å²) in [6.45, 7) is 1.32. The first-order valence-electron chi connectivity index (χ1n) is 9.66. The van der Waals surface area contributed by atoms with E-state index in [9.17, 15) is 19.5 Å². The molecule has 1 amide bonds. The molecule has 2 aliphatic rings. The lowest BCUT2D eigenvalue weighted by atomic mass is 9.85. The first kappa shape index (κ1) is 26.7. The van der Waals surface area contributed by atoms with Crippen molar-refractivity contribution >= 4 is 34.0 Å². The minimum atomic E-state index is -4.67. The van der Waals surface area contributed by atoms with Crippen LogP contribution in [0.3, 0.4) is 0 Å². The molecule has 2 fully saturated rings. The van der Waals surface area contributed by atoms with E-state index >= 15 is 0 Å². The molecule has 10 N–H and O–H groups in total. The average molecular weight is 467 g/mol. The number of carbonyl (C=O) groups excluding carboxylic acids is 2. The Labute approximate surface area is 179 Å². The zero-order valence-electron chi connectivity index (χ0n) is 16.9. The number of Topliss-reactive ketones (excluding diaryl/α,β-unsaturated/α-hetero) is 1. The third-order valence-corrected chi connectivity index (χ3v) is 5.11. The molecule has 31 heavy (non-hydrogen) atoms. The van der Waals surface area contributed by atoms with Crippen molar-refractivity contribution in [3.05, 3.63) is 0 Å². The largest absolute Gasteiger partial charge is 0.479 e. The second-order valence-electron chi connectivity index (χ2n) is 7.31. The summed E-state index contributed by atoms with van der Waals surface area (Å²) < 4.78 is 31.6. The molecule has 14 nitrogen and oxygen atoms in total. The fraction of sp³-hybridized carbons (Fsp3) is 0.750. The molecule has 3 unspecified atom stereocenters. The molecule has 2 rings (SSSR count). The lowest BCUT2D eigenvalue weighted by Gasteiger charge is -2.36. The molecule has 0 aliphatic carbocycles. The quantitative estimate of drug-likeness (QED) is 0.0617. The molecule has 0 aromatic carbocycles. The average Bonchev–Trinajstić information content (AvgIpc) is 3.32. The van der Waals surface area contributed by atoms with Gasteiger partial charge in [0.25, 0.3) is 0 Å². The number of hydrogen-bond donors (Lipinski definition) is 8. The molecule has 0 bridgehead atoms. The monoisotopic (exact) mass is 466 g/mol. The molecular weight excluding hydrogens is 436 g/mol. The van der Waals surface area contributed by atoms with Crippen LogP contribution in [0.5, 0.6) is 0 Å². The van der Waals surface area contributed by atoms with Gasteiger partial charge in [0, 0.05) is 13.1 Å². The molecule has 3 atom stereocenters. The first-order chi connectivity index (χ1) is 14.3. The molecule has 178 valence electrons. The third kappa shape index (κ3) is 7.70. The van der Waals surface area contributed by atoms with Crippen LogP contribution in [0, 0.1) is 5.41 Å². The normalized spacial score (nSPS) is 24.1. The van der Waals surface area contributed by atoms with Gasteiger partial charge in [0.2, 0.25) is 11.4 Å². The predicted octanol–water partition coefficient (Wildman–Crippen LogP) is -2.31. The Hall–Kier alpha value is -2.33. The molecule has 0 aromatic rings. The predicted molar refractivity (Wildman–Crippen MR) is 109 cm³/mol. The summed E-state index contributed by atoms with van der Waals surface area (Å²) in [5.41, 5.74) is 9.28. The van der Waals surface area contributed by atoms with E-state index in [0.29, 0.717) is 32.4 Å². The standard InChI is InChI=1S/C16H28N6O4.H2O4S/c17-10(4-1-8-21-15(18)19)12(23)16(14(25)26)6-3-9-22(16)13(24)11-5-2-7-20-11;1-5(2,3)4/h10-11,20H,1-9,17H2,(H,25,26)(H4,18,19,21);(H2,1,2,3,4). The molecular formula is C16H30N6O8S. The van der Waals surface area contributed by atoms with Gasteiger partial charge in [-0.05, 0) is 45.1 Å². The van der Waals surface area contributed by atoms with Gasteiger partial charge in [-0.15, -0.1) is 0 Å². The summed E-state index contributed by atoms with van der Waals surface area (Å²) in [5, 5.41) is 22.6. The van der Waals surface area contributed by atoms with Gasteiger partial charge < -0.3 is 32.1 Å². The number of aliphatic carboxylic acids is 1. The van der Waals surface area contributed by atoms with Crippen LogP contribution in [0.15, 0.2) is 0 Å². The highest BCUT2D eigenvalue weighted by atomic mass is 32.3. The Bertz CT molecular complexity index is 777. The van der Waals surface area contributed by atoms with E-state index in [2.05, 4.69) is 10.6 Å². The maximum atomic E-state index is 13.0. The maximum Gasteiger partial charge on any atom is 0.394 e. The van der Waals surface area contributed by atoms with E-state index < -0.39 is 39.8 Å². The lowest BCUT2D eigenvalue weighted by Crippen LogP contribution is -2.64. The van der Waals surface area contributed by atoms with Crippen molar-refractivity contribution in [2.24, 2.45) is 11.5 Å². The zero-order valence-corrected chi connectivity index (χ0v) is 17.7. The second-order valence-corrected chi connectivity index (χ2v) is 8.20. The number of carbonyl (C=O) groups is 3. The molecule has 2 aliphatic heterocycles. The van der Waals surface area contributed by atoms with Crippen molar-refractivity contribution in [2.45, 2.75) is 56.1 Å². The fourth-order valence-corrected chi connectivity index (χ4v) is 3.77. The number of rotatable bonds is 8. The van der Waals surface area contributed by atoms with Crippen LogP contribution in [0.1, 0.15) is 38.5 Å². The van der Waals surface area contributed by atoms with Gasteiger partial charge in [-0.3, -0.25) is 24.1 Å². The maximum absolute atomic E-state index is 13.0. The van der Waals surface area contributed by atoms with Crippen LogP contribution in [-0.2, 0) is 24.8 Å². The van der Waals surface area contributed by atoms with Crippen molar-refractivity contribution in [1.29, 1.82) is 5.41 Å². The number of nitrogens with zero attached hydrogens (tertiary/aromatic N) is 1. The molecule has 0 radical (unpaired) electrons. The van der Waals surface area contributed by atoms with E-state index in [1.165, 1.54) is 4.90 Å². The molecule has 0 aromatic heterocycles. The summed E-state index contributed by atoms with van der Waals surface area (Å²) in [5.74, 6) is -2.45. The number of nitrogens with two attached hydrogens (primary N) is 2. The second kappa shape index (κ2) is 11.3. The number of guanidine groups is 1. The molecule has 2 saturated heterocycles. The number of nitrogens with one attached hydrogen (secondary N) is 3. The van der Waals surface area contributed by atoms with Crippen molar-refractivity contribution in [3.63, 3.8) is 0 Å². The summed E-state index contributed by atoms with van der Waals surface area (Å²) in [6, 6.07) is -1.43. The number of amides is 1. The van der Waals surface area contributed by atoms with Gasteiger partial charge >= 0.3 is 16.4 Å². The van der Waals surface area contributed by atoms with E-state index in [-0.39, 0.29) is 31.3 Å². The lowest BCUT2D eigenvalue weighted by molar-refractivity contribution is -0.163. The fourth-order valence-electron chi connectivity index (χ4n) is 3.77. The van der Waals surface area contributed by atoms with Crippen molar-refractivity contribution in [1.82, 2.24) is 15.5 Å². The minimum Gasteiger partial charge on any atom is -0.479 e. The number of carboxylic acid groups (broad SMARTS) is 1. The molecule has 15 heteroatoms. The summed E-state index contributed by atoms with van der Waals surface area (Å²) >= 11 is 0. The van der Waals surface area contributed by atoms with Gasteiger partial charge in [-0.1, -0.05) is 0 Å². The highest BCUT2D eigenvalue weighted by molar-refractivity contribution is 7.79. The number of ketones is 1. The highest BCUT2D eigenvalue weighted by Gasteiger charge is 2.57. The van der Waals surface area contributed by atoms with Gasteiger partial charge in [0.05, 0.1) is 12.1 Å². The summed E-state index contributed by atoms with van der Waals surface area (Å²) in [7, 11) is -4.67. The van der Waals surface area contributed by atoms with Crippen LogP contribution < -0.4 is 22.1 Å². The van der Waals surface area contributed by atoms with E-state index in [1.54, 1.807) is 0 Å². The van der Waals surface area contributed by atoms with Gasteiger partial charge in [0.1, 0.15) is 0 Å². The van der Waals surface area contributed by atoms with Gasteiger partial charge in [0.15, 0.2) is 11.7 Å². The Morgan fingerprint density at radius 2 is 1.90 bits per heavy atom. The highest BCUT2D eigenvalue weighted by Crippen LogP contribution is 2.33. The van der Waals surface area contributed by atoms with E-state index in [4.69, 9.17) is 34.4 Å². The SMILES string of the molecule is N=C(N)NCCCC(N)C(=O)C1(C(=O)O)CCCN1C(=O)C1CCCN1.O=S(=O)(O)O. The Morgan fingerprint density at radius 3 is 2.39 bits per heavy atom. The van der Waals surface area contributed by atoms with Crippen LogP contribution in [0.25, 0.3) is 0 Å². The van der Waals surface area contributed by atoms with E-state index in [1.807, 2.05) is 0 Å². The number of hydrogen-bond acceptors (Lipinski definition) is 8. The van der Waals surface area contributed by atoms with Crippen molar-refractivity contribution in [3.8, 4) is 0 Å². The Balaban J connectivity index is 0.000000861. The van der Waals surface area contributed by atoms with Crippen LogP contribution in [0.4, 0.5) is 0 Å². The first-order valence-corrected chi connectivity index (χ1v) is 11.1. The van der Waals surface area contributed by atoms with Gasteiger partial charge in [-0.25, -0.2) is 4.79 Å². The number of carboxylic acids is 1.